The van der Waals surface area contributed by atoms with E-state index in [1.165, 1.54) is 10.7 Å². The van der Waals surface area contributed by atoms with Crippen LogP contribution in [-0.2, 0) is 4.79 Å². The normalized spacial score (nSPS) is 12.2. The molecule has 0 radical (unpaired) electrons. The highest BCUT2D eigenvalue weighted by molar-refractivity contribution is 8.00. The van der Waals surface area contributed by atoms with Crippen LogP contribution in [0.3, 0.4) is 0 Å². The smallest absolute Gasteiger partial charge is 0.271 e. The highest BCUT2D eigenvalue weighted by atomic mass is 32.2. The third-order valence-electron chi connectivity index (χ3n) is 3.94. The van der Waals surface area contributed by atoms with Crippen LogP contribution in [0.5, 0.6) is 0 Å². The number of carbonyl (C=O) groups excluding carboxylic acids is 1. The van der Waals surface area contributed by atoms with Gasteiger partial charge in [-0.1, -0.05) is 17.8 Å². The lowest BCUT2D eigenvalue weighted by Crippen LogP contribution is -2.24. The minimum absolute atomic E-state index is 0.293. The number of benzene rings is 1. The zero-order valence-corrected chi connectivity index (χ0v) is 16.2. The monoisotopic (exact) mass is 389 g/mol. The number of aryl methyl sites for hydroxylation is 3. The molecule has 1 aromatic carbocycles. The van der Waals surface area contributed by atoms with Crippen LogP contribution in [0.15, 0.2) is 29.4 Å². The minimum Gasteiger partial charge on any atom is -0.334 e. The summed E-state index contributed by atoms with van der Waals surface area (Å²) in [6, 6.07) is 6.45. The Kier molecular flexibility index (Phi) is 5.17. The number of nitrogens with zero attached hydrogens (tertiary/aromatic N) is 5. The molecular weight excluding hydrogens is 369 g/mol. The van der Waals surface area contributed by atoms with Crippen molar-refractivity contribution in [1.82, 2.24) is 24.7 Å². The molecule has 2 heterocycles. The highest BCUT2D eigenvalue weighted by Crippen LogP contribution is 2.23. The van der Waals surface area contributed by atoms with Gasteiger partial charge in [-0.05, 0) is 51.5 Å². The molecule has 0 saturated heterocycles. The molecule has 3 aromatic rings. The van der Waals surface area contributed by atoms with E-state index in [2.05, 4.69) is 20.6 Å². The molecule has 0 bridgehead atoms. The van der Waals surface area contributed by atoms with Crippen LogP contribution in [0.2, 0.25) is 0 Å². The van der Waals surface area contributed by atoms with Gasteiger partial charge in [0.05, 0.1) is 10.9 Å². The van der Waals surface area contributed by atoms with Gasteiger partial charge in [0.2, 0.25) is 11.1 Å². The summed E-state index contributed by atoms with van der Waals surface area (Å²) in [5, 5.41) is 15.0. The molecule has 0 aliphatic rings. The standard InChI is InChI=1S/C17H20FN7OS/c1-9-5-6-13(8-14(9)18)20-15(26)12(4)27-17-22-21-16(24(17)19)25-11(3)7-10(2)23-25/h5-8,12H,19H2,1-4H3,(H,20,26). The number of aromatic nitrogens is 5. The maximum atomic E-state index is 13.6. The van der Waals surface area contributed by atoms with Gasteiger partial charge in [-0.2, -0.15) is 5.10 Å². The summed E-state index contributed by atoms with van der Waals surface area (Å²) in [4.78, 5) is 12.4. The fourth-order valence-electron chi connectivity index (χ4n) is 2.45. The molecule has 0 aliphatic carbocycles. The number of carbonyl (C=O) groups is 1. The van der Waals surface area contributed by atoms with Crippen molar-refractivity contribution in [1.29, 1.82) is 0 Å². The molecule has 0 spiro atoms. The van der Waals surface area contributed by atoms with Crippen molar-refractivity contribution in [3.63, 3.8) is 0 Å². The first kappa shape index (κ1) is 18.9. The number of rotatable bonds is 5. The quantitative estimate of drug-likeness (QED) is 0.513. The van der Waals surface area contributed by atoms with Crippen molar-refractivity contribution in [2.24, 2.45) is 0 Å². The number of thioether (sulfide) groups is 1. The van der Waals surface area contributed by atoms with Gasteiger partial charge in [-0.25, -0.2) is 13.7 Å². The molecule has 27 heavy (non-hydrogen) atoms. The number of hydrogen-bond donors (Lipinski definition) is 2. The zero-order valence-electron chi connectivity index (χ0n) is 15.4. The van der Waals surface area contributed by atoms with E-state index in [1.54, 1.807) is 30.7 Å². The first-order chi connectivity index (χ1) is 12.8. The third-order valence-corrected chi connectivity index (χ3v) is 4.99. The number of nitrogens with one attached hydrogen (secondary N) is 1. The molecule has 3 N–H and O–H groups in total. The van der Waals surface area contributed by atoms with Gasteiger partial charge >= 0.3 is 0 Å². The fourth-order valence-corrected chi connectivity index (χ4v) is 3.22. The first-order valence-corrected chi connectivity index (χ1v) is 9.12. The van der Waals surface area contributed by atoms with E-state index in [0.717, 1.165) is 23.1 Å². The largest absolute Gasteiger partial charge is 0.334 e. The summed E-state index contributed by atoms with van der Waals surface area (Å²) < 4.78 is 16.5. The Bertz CT molecular complexity index is 997. The van der Waals surface area contributed by atoms with E-state index in [1.807, 2.05) is 19.9 Å². The van der Waals surface area contributed by atoms with E-state index in [4.69, 9.17) is 5.84 Å². The lowest BCUT2D eigenvalue weighted by molar-refractivity contribution is -0.115. The average Bonchev–Trinajstić information content (AvgIpc) is 3.12. The Morgan fingerprint density at radius 2 is 2.00 bits per heavy atom. The Morgan fingerprint density at radius 3 is 2.63 bits per heavy atom. The number of amides is 1. The van der Waals surface area contributed by atoms with Gasteiger partial charge in [0, 0.05) is 11.4 Å². The zero-order chi connectivity index (χ0) is 19.7. The van der Waals surface area contributed by atoms with Crippen LogP contribution < -0.4 is 11.2 Å². The Hall–Kier alpha value is -2.88. The molecule has 1 unspecified atom stereocenters. The maximum absolute atomic E-state index is 13.6. The molecule has 2 aromatic heterocycles. The van der Waals surface area contributed by atoms with E-state index in [0.29, 0.717) is 22.4 Å². The van der Waals surface area contributed by atoms with E-state index in [-0.39, 0.29) is 11.7 Å². The predicted octanol–water partition coefficient (Wildman–Crippen LogP) is 2.36. The number of nitrogen functional groups attached to an aromatic ring is 1. The number of nitrogens with two attached hydrogens (primary N) is 1. The summed E-state index contributed by atoms with van der Waals surface area (Å²) >= 11 is 1.15. The first-order valence-electron chi connectivity index (χ1n) is 8.24. The topological polar surface area (TPSA) is 104 Å². The van der Waals surface area contributed by atoms with Crippen LogP contribution in [0.1, 0.15) is 23.9 Å². The maximum Gasteiger partial charge on any atom is 0.271 e. The second-order valence-electron chi connectivity index (χ2n) is 6.20. The summed E-state index contributed by atoms with van der Waals surface area (Å²) in [6.07, 6.45) is 0. The van der Waals surface area contributed by atoms with Crippen molar-refractivity contribution in [2.45, 2.75) is 38.1 Å². The fraction of sp³-hybridized carbons (Fsp3) is 0.294. The van der Waals surface area contributed by atoms with Gasteiger partial charge in [0.15, 0.2) is 0 Å². The molecule has 0 saturated carbocycles. The van der Waals surface area contributed by atoms with Crippen LogP contribution in [-0.4, -0.2) is 35.8 Å². The average molecular weight is 389 g/mol. The second kappa shape index (κ2) is 7.39. The Balaban J connectivity index is 1.72. The van der Waals surface area contributed by atoms with Crippen LogP contribution in [0.25, 0.3) is 5.95 Å². The summed E-state index contributed by atoms with van der Waals surface area (Å²) in [5.74, 6) is 5.77. The molecule has 142 valence electrons. The predicted molar refractivity (Wildman–Crippen MR) is 102 cm³/mol. The van der Waals surface area contributed by atoms with Crippen LogP contribution in [0.4, 0.5) is 10.1 Å². The molecule has 1 amide bonds. The van der Waals surface area contributed by atoms with Crippen molar-refractivity contribution < 1.29 is 9.18 Å². The summed E-state index contributed by atoms with van der Waals surface area (Å²) in [7, 11) is 0. The number of anilines is 1. The van der Waals surface area contributed by atoms with Crippen molar-refractivity contribution in [3.05, 3.63) is 47.0 Å². The van der Waals surface area contributed by atoms with Gasteiger partial charge < -0.3 is 11.2 Å². The number of halogens is 1. The van der Waals surface area contributed by atoms with E-state index < -0.39 is 5.25 Å². The van der Waals surface area contributed by atoms with Crippen molar-refractivity contribution in [2.75, 3.05) is 11.2 Å². The summed E-state index contributed by atoms with van der Waals surface area (Å²) in [6.45, 7) is 7.13. The van der Waals surface area contributed by atoms with E-state index in [9.17, 15) is 9.18 Å². The molecule has 1 atom stereocenters. The summed E-state index contributed by atoms with van der Waals surface area (Å²) in [5.41, 5.74) is 2.62. The SMILES string of the molecule is Cc1cc(C)n(-c2nnc(SC(C)C(=O)Nc3ccc(C)c(F)c3)n2N)n1. The molecule has 8 nitrogen and oxygen atoms in total. The number of hydrogen-bond acceptors (Lipinski definition) is 6. The van der Waals surface area contributed by atoms with Gasteiger partial charge in [-0.3, -0.25) is 4.79 Å². The van der Waals surface area contributed by atoms with E-state index >= 15 is 0 Å². The molecule has 0 fully saturated rings. The Labute approximate surface area is 159 Å². The molecule has 0 aliphatic heterocycles. The second-order valence-corrected chi connectivity index (χ2v) is 7.51. The van der Waals surface area contributed by atoms with Crippen molar-refractivity contribution >= 4 is 23.4 Å². The van der Waals surface area contributed by atoms with Gasteiger partial charge in [0.1, 0.15) is 5.82 Å². The lowest BCUT2D eigenvalue weighted by Gasteiger charge is -2.12. The van der Waals surface area contributed by atoms with Gasteiger partial charge in [-0.15, -0.1) is 10.2 Å². The molecule has 10 heteroatoms. The van der Waals surface area contributed by atoms with Gasteiger partial charge in [0.25, 0.3) is 5.95 Å². The minimum atomic E-state index is -0.519. The molecule has 3 rings (SSSR count). The lowest BCUT2D eigenvalue weighted by atomic mass is 10.2. The Morgan fingerprint density at radius 1 is 1.26 bits per heavy atom. The van der Waals surface area contributed by atoms with Crippen LogP contribution in [0, 0.1) is 26.6 Å². The van der Waals surface area contributed by atoms with Crippen molar-refractivity contribution in [3.8, 4) is 5.95 Å². The molecular formula is C17H20FN7OS. The third kappa shape index (κ3) is 3.95. The van der Waals surface area contributed by atoms with Crippen LogP contribution >= 0.6 is 11.8 Å². The highest BCUT2D eigenvalue weighted by Gasteiger charge is 2.21.